The lowest BCUT2D eigenvalue weighted by Crippen LogP contribution is -2.42. The van der Waals surface area contributed by atoms with Crippen LogP contribution in [0.4, 0.5) is 11.6 Å². The summed E-state index contributed by atoms with van der Waals surface area (Å²) in [5.74, 6) is -0.584. The first kappa shape index (κ1) is 16.8. The van der Waals surface area contributed by atoms with Gasteiger partial charge in [0.1, 0.15) is 5.82 Å². The summed E-state index contributed by atoms with van der Waals surface area (Å²) in [7, 11) is 3.02. The fourth-order valence-corrected chi connectivity index (χ4v) is 3.58. The van der Waals surface area contributed by atoms with Crippen LogP contribution in [0.5, 0.6) is 0 Å². The molecule has 1 aliphatic heterocycles. The number of aromatic carboxylic acids is 1. The van der Waals surface area contributed by atoms with E-state index in [1.807, 2.05) is 6.92 Å². The van der Waals surface area contributed by atoms with Crippen LogP contribution < -0.4 is 16.6 Å². The van der Waals surface area contributed by atoms with Gasteiger partial charge in [0, 0.05) is 31.3 Å². The number of H-pyrrole nitrogens is 1. The highest BCUT2D eigenvalue weighted by Crippen LogP contribution is 2.43. The number of aromatic nitrogens is 4. The van der Waals surface area contributed by atoms with Crippen molar-refractivity contribution in [2.45, 2.75) is 12.8 Å². The molecule has 138 valence electrons. The molecule has 3 N–H and O–H groups in total. The average Bonchev–Trinajstić information content (AvgIpc) is 3.04. The van der Waals surface area contributed by atoms with Gasteiger partial charge in [0.25, 0.3) is 5.56 Å². The van der Waals surface area contributed by atoms with Crippen LogP contribution in [0.3, 0.4) is 0 Å². The normalized spacial score (nSPS) is 15.0. The third kappa shape index (κ3) is 2.31. The highest BCUT2D eigenvalue weighted by atomic mass is 16.4. The van der Waals surface area contributed by atoms with Crippen molar-refractivity contribution in [3.8, 4) is 0 Å². The number of hydrogen-bond donors (Lipinski definition) is 3. The van der Waals surface area contributed by atoms with Gasteiger partial charge >= 0.3 is 11.7 Å². The highest BCUT2D eigenvalue weighted by Gasteiger charge is 2.35. The van der Waals surface area contributed by atoms with Crippen LogP contribution in [-0.2, 0) is 14.1 Å². The number of nitrogens with one attached hydrogen (secondary N) is 2. The molecule has 1 aliphatic rings. The molecule has 27 heavy (non-hydrogen) atoms. The molecule has 1 unspecified atom stereocenters. The minimum absolute atomic E-state index is 0.158. The number of aromatic amines is 1. The zero-order valence-corrected chi connectivity index (χ0v) is 14.9. The van der Waals surface area contributed by atoms with Crippen LogP contribution in [0.1, 0.15) is 38.7 Å². The smallest absolute Gasteiger partial charge is 0.335 e. The second-order valence-corrected chi connectivity index (χ2v) is 6.56. The lowest BCUT2D eigenvalue weighted by Gasteiger charge is -2.28. The predicted octanol–water partition coefficient (Wildman–Crippen LogP) is 1.05. The maximum absolute atomic E-state index is 13.0. The second-order valence-electron chi connectivity index (χ2n) is 6.56. The summed E-state index contributed by atoms with van der Waals surface area (Å²) in [6.45, 7) is 1.85. The molecule has 4 rings (SSSR count). The molecule has 9 nitrogen and oxygen atoms in total. The molecule has 0 saturated carbocycles. The number of anilines is 2. The summed E-state index contributed by atoms with van der Waals surface area (Å²) in [4.78, 5) is 36.5. The van der Waals surface area contributed by atoms with Crippen molar-refractivity contribution in [3.63, 3.8) is 0 Å². The van der Waals surface area contributed by atoms with E-state index in [9.17, 15) is 14.4 Å². The molecular weight excluding hydrogens is 350 g/mol. The minimum atomic E-state index is -1.02. The third-order valence-electron chi connectivity index (χ3n) is 5.00. The minimum Gasteiger partial charge on any atom is -0.478 e. The number of fused-ring (bicyclic) bond motifs is 2. The topological polar surface area (TPSA) is 122 Å². The summed E-state index contributed by atoms with van der Waals surface area (Å²) in [5, 5.41) is 19.4. The quantitative estimate of drug-likeness (QED) is 0.487. The maximum atomic E-state index is 13.0. The number of carboxylic acids is 1. The Balaban J connectivity index is 2.05. The van der Waals surface area contributed by atoms with Crippen LogP contribution in [0.25, 0.3) is 0 Å². The molecular formula is C18H17N5O4. The number of hydrogen-bond acceptors (Lipinski definition) is 5. The zero-order valence-electron chi connectivity index (χ0n) is 14.9. The molecule has 3 heterocycles. The summed E-state index contributed by atoms with van der Waals surface area (Å²) in [5.41, 5.74) is 2.04. The van der Waals surface area contributed by atoms with Gasteiger partial charge in [-0.15, -0.1) is 0 Å². The van der Waals surface area contributed by atoms with Crippen LogP contribution in [-0.4, -0.2) is 30.4 Å². The molecule has 0 spiro atoms. The molecule has 3 aromatic rings. The fourth-order valence-electron chi connectivity index (χ4n) is 3.58. The van der Waals surface area contributed by atoms with E-state index in [0.29, 0.717) is 17.2 Å². The van der Waals surface area contributed by atoms with E-state index < -0.39 is 23.1 Å². The van der Waals surface area contributed by atoms with Gasteiger partial charge in [-0.2, -0.15) is 5.10 Å². The molecule has 0 aliphatic carbocycles. The van der Waals surface area contributed by atoms with Crippen LogP contribution in [0.2, 0.25) is 0 Å². The Morgan fingerprint density at radius 3 is 2.41 bits per heavy atom. The van der Waals surface area contributed by atoms with Crippen molar-refractivity contribution in [2.24, 2.45) is 14.1 Å². The first-order valence-corrected chi connectivity index (χ1v) is 8.26. The molecule has 0 fully saturated rings. The number of rotatable bonds is 2. The van der Waals surface area contributed by atoms with E-state index in [-0.39, 0.29) is 5.56 Å². The Labute approximate surface area is 152 Å². The highest BCUT2D eigenvalue weighted by molar-refractivity contribution is 5.87. The molecule has 0 radical (unpaired) electrons. The van der Waals surface area contributed by atoms with E-state index in [2.05, 4.69) is 15.5 Å². The Bertz CT molecular complexity index is 1200. The molecule has 0 saturated heterocycles. The molecule has 9 heteroatoms. The van der Waals surface area contributed by atoms with Crippen molar-refractivity contribution in [1.82, 2.24) is 19.3 Å². The monoisotopic (exact) mass is 367 g/mol. The predicted molar refractivity (Wildman–Crippen MR) is 97.9 cm³/mol. The van der Waals surface area contributed by atoms with Gasteiger partial charge in [0.2, 0.25) is 0 Å². The van der Waals surface area contributed by atoms with Crippen molar-refractivity contribution in [3.05, 3.63) is 73.1 Å². The summed E-state index contributed by atoms with van der Waals surface area (Å²) < 4.78 is 2.45. The van der Waals surface area contributed by atoms with Crippen molar-refractivity contribution in [1.29, 1.82) is 0 Å². The van der Waals surface area contributed by atoms with Crippen molar-refractivity contribution >= 4 is 17.6 Å². The van der Waals surface area contributed by atoms with Crippen LogP contribution in [0.15, 0.2) is 33.9 Å². The van der Waals surface area contributed by atoms with Crippen LogP contribution in [0, 0.1) is 6.92 Å². The summed E-state index contributed by atoms with van der Waals surface area (Å²) in [6.07, 6.45) is 0. The second kappa shape index (κ2) is 5.70. The largest absolute Gasteiger partial charge is 0.478 e. The van der Waals surface area contributed by atoms with Gasteiger partial charge in [-0.3, -0.25) is 19.0 Å². The Hall–Kier alpha value is -3.62. The number of benzene rings is 1. The van der Waals surface area contributed by atoms with Crippen molar-refractivity contribution < 1.29 is 9.90 Å². The van der Waals surface area contributed by atoms with E-state index in [0.717, 1.165) is 21.4 Å². The molecule has 2 aromatic heterocycles. The van der Waals surface area contributed by atoms with Crippen molar-refractivity contribution in [2.75, 3.05) is 5.32 Å². The van der Waals surface area contributed by atoms with E-state index >= 15 is 0 Å². The fraction of sp³-hybridized carbons (Fsp3) is 0.222. The first-order valence-electron chi connectivity index (χ1n) is 8.26. The number of aryl methyl sites for hydroxylation is 1. The van der Waals surface area contributed by atoms with Gasteiger partial charge in [-0.05, 0) is 24.6 Å². The number of nitrogens with zero attached hydrogens (tertiary/aromatic N) is 3. The zero-order chi connectivity index (χ0) is 19.5. The SMILES string of the molecule is Cc1[nH]nc2c1C(c1ccc(C(=O)O)cc1)c1c(n(C)c(=O)n(C)c1=O)N2. The Morgan fingerprint density at radius 1 is 1.11 bits per heavy atom. The van der Waals surface area contributed by atoms with Gasteiger partial charge in [0.15, 0.2) is 5.82 Å². The molecule has 0 amide bonds. The lowest BCUT2D eigenvalue weighted by molar-refractivity contribution is 0.0697. The summed E-state index contributed by atoms with van der Waals surface area (Å²) >= 11 is 0. The van der Waals surface area contributed by atoms with Gasteiger partial charge in [-0.25, -0.2) is 9.59 Å². The van der Waals surface area contributed by atoms with Gasteiger partial charge in [0.05, 0.1) is 11.1 Å². The Kier molecular flexibility index (Phi) is 3.55. The first-order chi connectivity index (χ1) is 12.8. The Morgan fingerprint density at radius 2 is 1.78 bits per heavy atom. The average molecular weight is 367 g/mol. The molecule has 1 aromatic carbocycles. The third-order valence-corrected chi connectivity index (χ3v) is 5.00. The number of carbonyl (C=O) groups is 1. The molecule has 1 atom stereocenters. The number of carboxylic acid groups (broad SMARTS) is 1. The standard InChI is InChI=1S/C18H17N5O4/c1-8-11-12(9-4-6-10(7-5-9)17(25)26)13-15(19-14(11)21-20-8)22(2)18(27)23(3)16(13)24/h4-7,12H,1-3H3,(H,25,26)(H2,19,20,21). The maximum Gasteiger partial charge on any atom is 0.335 e. The van der Waals surface area contributed by atoms with E-state index in [4.69, 9.17) is 5.11 Å². The van der Waals surface area contributed by atoms with E-state index in [1.165, 1.54) is 23.7 Å². The lowest BCUT2D eigenvalue weighted by atomic mass is 9.83. The molecule has 0 bridgehead atoms. The van der Waals surface area contributed by atoms with Crippen LogP contribution >= 0.6 is 0 Å². The van der Waals surface area contributed by atoms with Gasteiger partial charge < -0.3 is 10.4 Å². The van der Waals surface area contributed by atoms with E-state index in [1.54, 1.807) is 19.2 Å². The van der Waals surface area contributed by atoms with Gasteiger partial charge in [-0.1, -0.05) is 12.1 Å². The summed E-state index contributed by atoms with van der Waals surface area (Å²) in [6, 6.07) is 6.37.